The minimum absolute atomic E-state index is 0.0360. The molecule has 88 valence electrons. The number of carboxylic acid groups (broad SMARTS) is 1. The van der Waals surface area contributed by atoms with Gasteiger partial charge in [0.05, 0.1) is 5.41 Å². The second-order valence-corrected chi connectivity index (χ2v) is 4.67. The summed E-state index contributed by atoms with van der Waals surface area (Å²) in [7, 11) is 1.89. The Morgan fingerprint density at radius 1 is 1.75 bits per heavy atom. The summed E-state index contributed by atoms with van der Waals surface area (Å²) >= 11 is 0. The van der Waals surface area contributed by atoms with E-state index in [1.165, 1.54) is 0 Å². The van der Waals surface area contributed by atoms with Crippen LogP contribution in [0.1, 0.15) is 26.2 Å². The number of imidazole rings is 1. The number of carboxylic acids is 1. The van der Waals surface area contributed by atoms with Crippen molar-refractivity contribution in [1.82, 2.24) is 9.55 Å². The zero-order chi connectivity index (χ0) is 11.8. The van der Waals surface area contributed by atoms with Crippen LogP contribution >= 0.6 is 0 Å². The minimum atomic E-state index is -0.725. The topological polar surface area (TPSA) is 67.2 Å². The predicted molar refractivity (Wildman–Crippen MR) is 60.2 cm³/mol. The molecule has 0 radical (unpaired) electrons. The van der Waals surface area contributed by atoms with E-state index in [0.29, 0.717) is 0 Å². The highest BCUT2D eigenvalue weighted by Crippen LogP contribution is 2.39. The average Bonchev–Trinajstić information content (AvgIpc) is 2.77. The lowest BCUT2D eigenvalue weighted by atomic mass is 9.85. The van der Waals surface area contributed by atoms with Crippen LogP contribution in [0.3, 0.4) is 0 Å². The Labute approximate surface area is 94.5 Å². The maximum atomic E-state index is 11.3. The van der Waals surface area contributed by atoms with Gasteiger partial charge in [0.25, 0.3) is 0 Å². The van der Waals surface area contributed by atoms with Gasteiger partial charge in [-0.25, -0.2) is 4.98 Å². The maximum absolute atomic E-state index is 11.3. The molecular formula is C11H17N3O2. The molecule has 1 aliphatic rings. The van der Waals surface area contributed by atoms with Gasteiger partial charge in [0.1, 0.15) is 0 Å². The summed E-state index contributed by atoms with van der Waals surface area (Å²) in [6.45, 7) is 1.81. The Bertz CT molecular complexity index is 402. The standard InChI is InChI=1S/C11H17N3O2/c1-11(9(15)16)5-3-4-8(11)13-10-12-6-7-14(10)2/h6-8H,3-5H2,1-2H3,(H,12,13)(H,15,16). The summed E-state index contributed by atoms with van der Waals surface area (Å²) in [5.74, 6) is 0.0103. The molecule has 0 aromatic carbocycles. The number of carbonyl (C=O) groups is 1. The van der Waals surface area contributed by atoms with Gasteiger partial charge >= 0.3 is 5.97 Å². The fraction of sp³-hybridized carbons (Fsp3) is 0.636. The first kappa shape index (κ1) is 11.0. The zero-order valence-corrected chi connectivity index (χ0v) is 9.60. The SMILES string of the molecule is Cn1ccnc1NC1CCCC1(C)C(=O)O. The molecule has 2 unspecified atom stereocenters. The van der Waals surface area contributed by atoms with Gasteiger partial charge < -0.3 is 15.0 Å². The van der Waals surface area contributed by atoms with Gasteiger partial charge in [-0.15, -0.1) is 0 Å². The molecule has 2 atom stereocenters. The highest BCUT2D eigenvalue weighted by molar-refractivity contribution is 5.76. The van der Waals surface area contributed by atoms with Gasteiger partial charge in [0, 0.05) is 25.5 Å². The van der Waals surface area contributed by atoms with Crippen LogP contribution in [0.25, 0.3) is 0 Å². The second-order valence-electron chi connectivity index (χ2n) is 4.67. The quantitative estimate of drug-likeness (QED) is 0.814. The maximum Gasteiger partial charge on any atom is 0.311 e. The van der Waals surface area contributed by atoms with Crippen molar-refractivity contribution in [3.8, 4) is 0 Å². The summed E-state index contributed by atoms with van der Waals surface area (Å²) in [6, 6.07) is -0.0360. The fourth-order valence-electron chi connectivity index (χ4n) is 2.31. The molecule has 2 rings (SSSR count). The van der Waals surface area contributed by atoms with Crippen molar-refractivity contribution in [2.75, 3.05) is 5.32 Å². The number of aryl methyl sites for hydroxylation is 1. The lowest BCUT2D eigenvalue weighted by molar-refractivity contribution is -0.147. The molecule has 5 heteroatoms. The third kappa shape index (κ3) is 1.66. The summed E-state index contributed by atoms with van der Waals surface area (Å²) in [5, 5.41) is 12.5. The highest BCUT2D eigenvalue weighted by Gasteiger charge is 2.45. The van der Waals surface area contributed by atoms with Crippen LogP contribution in [0.4, 0.5) is 5.95 Å². The number of anilines is 1. The van der Waals surface area contributed by atoms with E-state index in [-0.39, 0.29) is 6.04 Å². The van der Waals surface area contributed by atoms with E-state index in [4.69, 9.17) is 0 Å². The zero-order valence-electron chi connectivity index (χ0n) is 9.60. The van der Waals surface area contributed by atoms with E-state index in [2.05, 4.69) is 10.3 Å². The van der Waals surface area contributed by atoms with Gasteiger partial charge in [-0.2, -0.15) is 0 Å². The predicted octanol–water partition coefficient (Wildman–Crippen LogP) is 1.48. The van der Waals surface area contributed by atoms with Gasteiger partial charge in [0.2, 0.25) is 5.95 Å². The van der Waals surface area contributed by atoms with Crippen LogP contribution < -0.4 is 5.32 Å². The van der Waals surface area contributed by atoms with Crippen LogP contribution in [0, 0.1) is 5.41 Å². The summed E-state index contributed by atoms with van der Waals surface area (Å²) < 4.78 is 1.86. The van der Waals surface area contributed by atoms with E-state index in [1.807, 2.05) is 24.7 Å². The number of hydrogen-bond acceptors (Lipinski definition) is 3. The molecule has 1 heterocycles. The van der Waals surface area contributed by atoms with E-state index in [1.54, 1.807) is 6.20 Å². The third-order valence-electron chi connectivity index (χ3n) is 3.57. The van der Waals surface area contributed by atoms with Gasteiger partial charge in [-0.1, -0.05) is 6.42 Å². The molecule has 0 aliphatic heterocycles. The first-order chi connectivity index (χ1) is 7.54. The lowest BCUT2D eigenvalue weighted by Crippen LogP contribution is -2.40. The first-order valence-electron chi connectivity index (χ1n) is 5.51. The van der Waals surface area contributed by atoms with Crippen LogP contribution in [0.5, 0.6) is 0 Å². The number of rotatable bonds is 3. The van der Waals surface area contributed by atoms with Gasteiger partial charge in [-0.3, -0.25) is 4.79 Å². The molecule has 0 amide bonds. The molecule has 0 saturated heterocycles. The van der Waals surface area contributed by atoms with Crippen LogP contribution in [0.15, 0.2) is 12.4 Å². The average molecular weight is 223 g/mol. The normalized spacial score (nSPS) is 29.2. The molecule has 0 spiro atoms. The Morgan fingerprint density at radius 2 is 2.50 bits per heavy atom. The number of nitrogens with zero attached hydrogens (tertiary/aromatic N) is 2. The smallest absolute Gasteiger partial charge is 0.311 e. The van der Waals surface area contributed by atoms with Crippen LogP contribution in [0.2, 0.25) is 0 Å². The Balaban J connectivity index is 2.16. The molecular weight excluding hydrogens is 206 g/mol. The Hall–Kier alpha value is -1.52. The Kier molecular flexibility index (Phi) is 2.61. The molecule has 5 nitrogen and oxygen atoms in total. The van der Waals surface area contributed by atoms with E-state index < -0.39 is 11.4 Å². The summed E-state index contributed by atoms with van der Waals surface area (Å²) in [6.07, 6.45) is 6.11. The molecule has 1 aliphatic carbocycles. The minimum Gasteiger partial charge on any atom is -0.481 e. The molecule has 0 bridgehead atoms. The van der Waals surface area contributed by atoms with Crippen molar-refractivity contribution in [2.24, 2.45) is 12.5 Å². The molecule has 16 heavy (non-hydrogen) atoms. The monoisotopic (exact) mass is 223 g/mol. The number of aliphatic carboxylic acids is 1. The largest absolute Gasteiger partial charge is 0.481 e. The summed E-state index contributed by atoms with van der Waals surface area (Å²) in [5.41, 5.74) is -0.675. The van der Waals surface area contributed by atoms with Gasteiger partial charge in [0.15, 0.2) is 0 Å². The van der Waals surface area contributed by atoms with Crippen molar-refractivity contribution in [1.29, 1.82) is 0 Å². The molecule has 1 aromatic rings. The van der Waals surface area contributed by atoms with E-state index in [0.717, 1.165) is 25.2 Å². The lowest BCUT2D eigenvalue weighted by Gasteiger charge is -2.27. The molecule has 1 aromatic heterocycles. The second kappa shape index (κ2) is 3.81. The molecule has 1 fully saturated rings. The third-order valence-corrected chi connectivity index (χ3v) is 3.57. The van der Waals surface area contributed by atoms with Crippen LogP contribution in [-0.4, -0.2) is 26.7 Å². The first-order valence-corrected chi connectivity index (χ1v) is 5.51. The molecule has 2 N–H and O–H groups in total. The number of aromatic nitrogens is 2. The van der Waals surface area contributed by atoms with Crippen molar-refractivity contribution in [3.63, 3.8) is 0 Å². The molecule has 1 saturated carbocycles. The Morgan fingerprint density at radius 3 is 3.06 bits per heavy atom. The number of hydrogen-bond donors (Lipinski definition) is 2. The highest BCUT2D eigenvalue weighted by atomic mass is 16.4. The van der Waals surface area contributed by atoms with Crippen molar-refractivity contribution in [2.45, 2.75) is 32.2 Å². The van der Waals surface area contributed by atoms with E-state index >= 15 is 0 Å². The number of nitrogens with one attached hydrogen (secondary N) is 1. The van der Waals surface area contributed by atoms with Crippen molar-refractivity contribution in [3.05, 3.63) is 12.4 Å². The van der Waals surface area contributed by atoms with Crippen LogP contribution in [-0.2, 0) is 11.8 Å². The van der Waals surface area contributed by atoms with E-state index in [9.17, 15) is 9.90 Å². The van der Waals surface area contributed by atoms with Crippen molar-refractivity contribution >= 4 is 11.9 Å². The van der Waals surface area contributed by atoms with Crippen molar-refractivity contribution < 1.29 is 9.90 Å². The fourth-order valence-corrected chi connectivity index (χ4v) is 2.31. The van der Waals surface area contributed by atoms with Gasteiger partial charge in [-0.05, 0) is 19.8 Å². The summed E-state index contributed by atoms with van der Waals surface area (Å²) in [4.78, 5) is 15.4.